The number of ether oxygens (including phenoxy) is 1. The first-order valence-electron chi connectivity index (χ1n) is 6.15. The van der Waals surface area contributed by atoms with Crippen LogP contribution >= 0.6 is 0 Å². The molecule has 0 amide bonds. The predicted octanol–water partition coefficient (Wildman–Crippen LogP) is 1.60. The summed E-state index contributed by atoms with van der Waals surface area (Å²) in [6, 6.07) is 5.91. The monoisotopic (exact) mass is 249 g/mol. The fourth-order valence-corrected chi connectivity index (χ4v) is 2.38. The van der Waals surface area contributed by atoms with Crippen molar-refractivity contribution in [2.75, 3.05) is 6.54 Å². The third kappa shape index (κ3) is 2.48. The lowest BCUT2D eigenvalue weighted by atomic mass is 9.95. The number of carboxylic acid groups (broad SMARTS) is 1. The number of rotatable bonds is 4. The minimum Gasteiger partial charge on any atom is -0.487 e. The lowest BCUT2D eigenvalue weighted by Crippen LogP contribution is -2.26. The molecule has 1 unspecified atom stereocenters. The van der Waals surface area contributed by atoms with Crippen LogP contribution in [0.25, 0.3) is 0 Å². The molecule has 0 fully saturated rings. The predicted molar refractivity (Wildman–Crippen MR) is 68.7 cm³/mol. The third-order valence-corrected chi connectivity index (χ3v) is 3.27. The highest BCUT2D eigenvalue weighted by atomic mass is 16.5. The Morgan fingerprint density at radius 1 is 1.56 bits per heavy atom. The maximum Gasteiger partial charge on any atom is 0.308 e. The summed E-state index contributed by atoms with van der Waals surface area (Å²) in [7, 11) is 0. The number of aliphatic carboxylic acids is 1. The van der Waals surface area contributed by atoms with Crippen molar-refractivity contribution in [2.24, 2.45) is 11.7 Å². The third-order valence-electron chi connectivity index (χ3n) is 3.27. The SMILES string of the molecule is CC1(C)Cc2cccc(CC(CN)C(=O)O)c2O1. The van der Waals surface area contributed by atoms with Gasteiger partial charge in [0.15, 0.2) is 0 Å². The van der Waals surface area contributed by atoms with E-state index < -0.39 is 11.9 Å². The fourth-order valence-electron chi connectivity index (χ4n) is 2.38. The maximum atomic E-state index is 11.0. The highest BCUT2D eigenvalue weighted by molar-refractivity contribution is 5.71. The van der Waals surface area contributed by atoms with Crippen LogP contribution in [0.3, 0.4) is 0 Å². The molecule has 1 aromatic rings. The summed E-state index contributed by atoms with van der Waals surface area (Å²) in [5, 5.41) is 9.06. The van der Waals surface area contributed by atoms with Gasteiger partial charge >= 0.3 is 5.97 Å². The number of hydrogen-bond donors (Lipinski definition) is 2. The Morgan fingerprint density at radius 2 is 2.28 bits per heavy atom. The van der Waals surface area contributed by atoms with Crippen molar-refractivity contribution >= 4 is 5.97 Å². The van der Waals surface area contributed by atoms with Crippen molar-refractivity contribution in [3.8, 4) is 5.75 Å². The molecule has 0 aliphatic carbocycles. The lowest BCUT2D eigenvalue weighted by Gasteiger charge is -2.19. The van der Waals surface area contributed by atoms with E-state index in [0.29, 0.717) is 6.42 Å². The van der Waals surface area contributed by atoms with Crippen LogP contribution in [0.2, 0.25) is 0 Å². The molecule has 1 aliphatic heterocycles. The Morgan fingerprint density at radius 3 is 2.89 bits per heavy atom. The van der Waals surface area contributed by atoms with Crippen LogP contribution in [0, 0.1) is 5.92 Å². The van der Waals surface area contributed by atoms with Gasteiger partial charge in [0.25, 0.3) is 0 Å². The zero-order chi connectivity index (χ0) is 13.3. The minimum atomic E-state index is -0.854. The number of carbonyl (C=O) groups is 1. The van der Waals surface area contributed by atoms with E-state index in [-0.39, 0.29) is 12.1 Å². The van der Waals surface area contributed by atoms with Gasteiger partial charge in [-0.25, -0.2) is 0 Å². The maximum absolute atomic E-state index is 11.0. The van der Waals surface area contributed by atoms with Gasteiger partial charge in [0.2, 0.25) is 0 Å². The Kier molecular flexibility index (Phi) is 3.30. The summed E-state index contributed by atoms with van der Waals surface area (Å²) in [6.45, 7) is 4.21. The molecule has 98 valence electrons. The molecule has 0 radical (unpaired) electrons. The molecule has 1 aliphatic rings. The number of carboxylic acids is 1. The van der Waals surface area contributed by atoms with Crippen LogP contribution in [0.5, 0.6) is 5.75 Å². The molecular weight excluding hydrogens is 230 g/mol. The number of hydrogen-bond acceptors (Lipinski definition) is 3. The normalized spacial score (nSPS) is 17.9. The molecule has 1 heterocycles. The minimum absolute atomic E-state index is 0.141. The van der Waals surface area contributed by atoms with E-state index in [1.165, 1.54) is 0 Å². The summed E-state index contributed by atoms with van der Waals surface area (Å²) in [6.07, 6.45) is 1.28. The average molecular weight is 249 g/mol. The second kappa shape index (κ2) is 4.61. The topological polar surface area (TPSA) is 72.6 Å². The smallest absolute Gasteiger partial charge is 0.308 e. The molecule has 4 nitrogen and oxygen atoms in total. The summed E-state index contributed by atoms with van der Waals surface area (Å²) >= 11 is 0. The van der Waals surface area contributed by atoms with E-state index in [1.807, 2.05) is 32.0 Å². The lowest BCUT2D eigenvalue weighted by molar-refractivity contribution is -0.141. The Labute approximate surface area is 107 Å². The zero-order valence-electron chi connectivity index (χ0n) is 10.8. The highest BCUT2D eigenvalue weighted by Crippen LogP contribution is 2.38. The van der Waals surface area contributed by atoms with Crippen molar-refractivity contribution in [1.29, 1.82) is 0 Å². The van der Waals surface area contributed by atoms with Crippen molar-refractivity contribution in [2.45, 2.75) is 32.3 Å². The van der Waals surface area contributed by atoms with E-state index in [2.05, 4.69) is 0 Å². The highest BCUT2D eigenvalue weighted by Gasteiger charge is 2.32. The summed E-state index contributed by atoms with van der Waals surface area (Å²) < 4.78 is 5.92. The van der Waals surface area contributed by atoms with Crippen LogP contribution < -0.4 is 10.5 Å². The molecule has 18 heavy (non-hydrogen) atoms. The van der Waals surface area contributed by atoms with Crippen LogP contribution in [-0.2, 0) is 17.6 Å². The number of fused-ring (bicyclic) bond motifs is 1. The Balaban J connectivity index is 2.27. The van der Waals surface area contributed by atoms with E-state index >= 15 is 0 Å². The van der Waals surface area contributed by atoms with E-state index in [9.17, 15) is 4.79 Å². The molecule has 3 N–H and O–H groups in total. The van der Waals surface area contributed by atoms with Gasteiger partial charge in [-0.15, -0.1) is 0 Å². The quantitative estimate of drug-likeness (QED) is 0.850. The Bertz CT molecular complexity index is 468. The van der Waals surface area contributed by atoms with Gasteiger partial charge in [-0.2, -0.15) is 0 Å². The summed E-state index contributed by atoms with van der Waals surface area (Å²) in [5.74, 6) is -0.557. The van der Waals surface area contributed by atoms with Crippen LogP contribution in [-0.4, -0.2) is 23.2 Å². The first-order chi connectivity index (χ1) is 8.43. The van der Waals surface area contributed by atoms with Crippen molar-refractivity contribution in [3.05, 3.63) is 29.3 Å². The van der Waals surface area contributed by atoms with Gasteiger partial charge in [-0.1, -0.05) is 18.2 Å². The summed E-state index contributed by atoms with van der Waals surface area (Å²) in [5.41, 5.74) is 7.38. The molecule has 1 atom stereocenters. The molecule has 0 aromatic heterocycles. The van der Waals surface area contributed by atoms with Gasteiger partial charge < -0.3 is 15.6 Å². The van der Waals surface area contributed by atoms with Gasteiger partial charge in [0.1, 0.15) is 11.4 Å². The van der Waals surface area contributed by atoms with Gasteiger partial charge in [0.05, 0.1) is 5.92 Å². The second-order valence-electron chi connectivity index (χ2n) is 5.42. The fraction of sp³-hybridized carbons (Fsp3) is 0.500. The molecule has 0 spiro atoms. The average Bonchev–Trinajstić information content (AvgIpc) is 2.60. The molecule has 4 heteroatoms. The standard InChI is InChI=1S/C14H19NO3/c1-14(2)7-10-5-3-4-9(12(10)18-14)6-11(8-15)13(16)17/h3-5,11H,6-8,15H2,1-2H3,(H,16,17). The van der Waals surface area contributed by atoms with Crippen LogP contribution in [0.15, 0.2) is 18.2 Å². The van der Waals surface area contributed by atoms with E-state index in [1.54, 1.807) is 0 Å². The molecule has 2 rings (SSSR count). The summed E-state index contributed by atoms with van der Waals surface area (Å²) in [4.78, 5) is 11.0. The van der Waals surface area contributed by atoms with E-state index in [0.717, 1.165) is 23.3 Å². The number of nitrogens with two attached hydrogens (primary N) is 1. The van der Waals surface area contributed by atoms with Crippen LogP contribution in [0.4, 0.5) is 0 Å². The molecule has 0 bridgehead atoms. The largest absolute Gasteiger partial charge is 0.487 e. The van der Waals surface area contributed by atoms with Crippen molar-refractivity contribution in [1.82, 2.24) is 0 Å². The zero-order valence-corrected chi connectivity index (χ0v) is 10.8. The number of para-hydroxylation sites is 1. The number of benzene rings is 1. The van der Waals surface area contributed by atoms with Gasteiger partial charge in [-0.05, 0) is 31.4 Å². The molecular formula is C14H19NO3. The van der Waals surface area contributed by atoms with Crippen LogP contribution in [0.1, 0.15) is 25.0 Å². The second-order valence-corrected chi connectivity index (χ2v) is 5.42. The molecule has 0 saturated carbocycles. The first-order valence-corrected chi connectivity index (χ1v) is 6.15. The van der Waals surface area contributed by atoms with Crippen molar-refractivity contribution in [3.63, 3.8) is 0 Å². The van der Waals surface area contributed by atoms with E-state index in [4.69, 9.17) is 15.6 Å². The molecule has 1 aromatic carbocycles. The molecule has 0 saturated heterocycles. The Hall–Kier alpha value is -1.55. The van der Waals surface area contributed by atoms with Crippen molar-refractivity contribution < 1.29 is 14.6 Å². The van der Waals surface area contributed by atoms with Gasteiger partial charge in [-0.3, -0.25) is 4.79 Å². The first kappa shape index (κ1) is 12.9. The van der Waals surface area contributed by atoms with Gasteiger partial charge in [0, 0.05) is 13.0 Å².